The van der Waals surface area contributed by atoms with E-state index in [2.05, 4.69) is 22.3 Å². The highest BCUT2D eigenvalue weighted by atomic mass is 35.5. The average Bonchev–Trinajstić information content (AvgIpc) is 3.28. The standard InChI is InChI=1S/C22H31ClN2O3/c23-18-7-5-17(6-8-18)22(9-12-27-13-10-22)16-24-21(26)20-15-28-14-11-25(20)19-3-1-2-4-19/h5-8,19-20H,1-4,9-16H2,(H,24,26)/t20-/m1/s1. The van der Waals surface area contributed by atoms with Crippen LogP contribution < -0.4 is 5.32 Å². The zero-order valence-electron chi connectivity index (χ0n) is 16.5. The topological polar surface area (TPSA) is 50.8 Å². The van der Waals surface area contributed by atoms with Crippen molar-refractivity contribution >= 4 is 17.5 Å². The third kappa shape index (κ3) is 4.38. The van der Waals surface area contributed by atoms with E-state index in [1.54, 1.807) is 0 Å². The van der Waals surface area contributed by atoms with Gasteiger partial charge in [0.15, 0.2) is 0 Å². The van der Waals surface area contributed by atoms with E-state index in [4.69, 9.17) is 21.1 Å². The van der Waals surface area contributed by atoms with Gasteiger partial charge in [-0.3, -0.25) is 9.69 Å². The van der Waals surface area contributed by atoms with Crippen LogP contribution in [0.15, 0.2) is 24.3 Å². The molecule has 3 aliphatic rings. The normalized spacial score (nSPS) is 26.2. The molecule has 1 aromatic rings. The Morgan fingerprint density at radius 1 is 1.11 bits per heavy atom. The summed E-state index contributed by atoms with van der Waals surface area (Å²) in [5.41, 5.74) is 1.14. The van der Waals surface area contributed by atoms with E-state index in [0.717, 1.165) is 44.2 Å². The van der Waals surface area contributed by atoms with Gasteiger partial charge in [0, 0.05) is 42.8 Å². The summed E-state index contributed by atoms with van der Waals surface area (Å²) in [6, 6.07) is 8.43. The fourth-order valence-corrected chi connectivity index (χ4v) is 5.15. The van der Waals surface area contributed by atoms with Crippen molar-refractivity contribution in [3.63, 3.8) is 0 Å². The van der Waals surface area contributed by atoms with Crippen LogP contribution in [-0.4, -0.2) is 62.4 Å². The second kappa shape index (κ2) is 9.12. The zero-order valence-corrected chi connectivity index (χ0v) is 17.3. The van der Waals surface area contributed by atoms with Crippen LogP contribution >= 0.6 is 11.6 Å². The van der Waals surface area contributed by atoms with Crippen LogP contribution in [0, 0.1) is 0 Å². The van der Waals surface area contributed by atoms with Crippen molar-refractivity contribution in [2.75, 3.05) is 39.5 Å². The van der Waals surface area contributed by atoms with Crippen molar-refractivity contribution in [2.24, 2.45) is 0 Å². The predicted octanol–water partition coefficient (Wildman–Crippen LogP) is 3.15. The van der Waals surface area contributed by atoms with Crippen LogP contribution in [-0.2, 0) is 19.7 Å². The molecule has 3 fully saturated rings. The average molecular weight is 407 g/mol. The van der Waals surface area contributed by atoms with Gasteiger partial charge in [-0.15, -0.1) is 0 Å². The quantitative estimate of drug-likeness (QED) is 0.816. The first-order valence-electron chi connectivity index (χ1n) is 10.6. The molecule has 0 bridgehead atoms. The molecule has 1 aromatic carbocycles. The minimum absolute atomic E-state index is 0.0911. The van der Waals surface area contributed by atoms with E-state index < -0.39 is 0 Å². The molecule has 0 spiro atoms. The lowest BCUT2D eigenvalue weighted by Crippen LogP contribution is -2.58. The number of carbonyl (C=O) groups excluding carboxylic acids is 1. The Hall–Kier alpha value is -1.14. The predicted molar refractivity (Wildman–Crippen MR) is 110 cm³/mol. The molecule has 2 heterocycles. The Morgan fingerprint density at radius 2 is 1.82 bits per heavy atom. The molecule has 4 rings (SSSR count). The van der Waals surface area contributed by atoms with E-state index >= 15 is 0 Å². The zero-order chi connectivity index (χ0) is 19.4. The van der Waals surface area contributed by atoms with Gasteiger partial charge in [-0.05, 0) is 43.4 Å². The molecule has 0 radical (unpaired) electrons. The monoisotopic (exact) mass is 406 g/mol. The van der Waals surface area contributed by atoms with Crippen LogP contribution in [0.25, 0.3) is 0 Å². The molecular formula is C22H31ClN2O3. The number of nitrogens with zero attached hydrogens (tertiary/aromatic N) is 1. The first-order chi connectivity index (χ1) is 13.7. The Bertz CT molecular complexity index is 654. The minimum Gasteiger partial charge on any atom is -0.381 e. The molecule has 2 saturated heterocycles. The number of hydrogen-bond acceptors (Lipinski definition) is 4. The highest BCUT2D eigenvalue weighted by Gasteiger charge is 2.38. The summed E-state index contributed by atoms with van der Waals surface area (Å²) in [7, 11) is 0. The Kier molecular flexibility index (Phi) is 6.56. The van der Waals surface area contributed by atoms with Gasteiger partial charge < -0.3 is 14.8 Å². The maximum Gasteiger partial charge on any atom is 0.239 e. The number of benzene rings is 1. The third-order valence-corrected chi connectivity index (χ3v) is 7.03. The van der Waals surface area contributed by atoms with Gasteiger partial charge in [0.25, 0.3) is 0 Å². The van der Waals surface area contributed by atoms with Crippen molar-refractivity contribution in [3.8, 4) is 0 Å². The number of hydrogen-bond donors (Lipinski definition) is 1. The summed E-state index contributed by atoms with van der Waals surface area (Å²) in [5.74, 6) is 0.103. The summed E-state index contributed by atoms with van der Waals surface area (Å²) in [4.78, 5) is 15.5. The molecule has 2 aliphatic heterocycles. The van der Waals surface area contributed by atoms with E-state index in [1.165, 1.54) is 31.2 Å². The third-order valence-electron chi connectivity index (χ3n) is 6.77. The molecule has 154 valence electrons. The number of ether oxygens (including phenoxy) is 2. The minimum atomic E-state index is -0.168. The summed E-state index contributed by atoms with van der Waals surface area (Å²) < 4.78 is 11.3. The molecule has 1 N–H and O–H groups in total. The van der Waals surface area contributed by atoms with E-state index in [1.807, 2.05) is 12.1 Å². The fourth-order valence-electron chi connectivity index (χ4n) is 5.02. The molecule has 6 heteroatoms. The molecule has 0 unspecified atom stereocenters. The van der Waals surface area contributed by atoms with Crippen LogP contribution in [0.3, 0.4) is 0 Å². The maximum absolute atomic E-state index is 13.2. The van der Waals surface area contributed by atoms with Crippen LogP contribution in [0.2, 0.25) is 5.02 Å². The summed E-state index contributed by atoms with van der Waals surface area (Å²) in [5, 5.41) is 4.02. The van der Waals surface area contributed by atoms with Crippen LogP contribution in [0.5, 0.6) is 0 Å². The van der Waals surface area contributed by atoms with Crippen molar-refractivity contribution in [1.82, 2.24) is 10.2 Å². The SMILES string of the molecule is O=C(NCC1(c2ccc(Cl)cc2)CCOCC1)[C@H]1COCCN1C1CCCC1. The molecule has 1 atom stereocenters. The van der Waals surface area contributed by atoms with Gasteiger partial charge in [0.05, 0.1) is 13.2 Å². The van der Waals surface area contributed by atoms with Crippen molar-refractivity contribution in [1.29, 1.82) is 0 Å². The molecule has 5 nitrogen and oxygen atoms in total. The second-order valence-corrected chi connectivity index (χ2v) is 8.82. The van der Waals surface area contributed by atoms with Gasteiger partial charge in [-0.25, -0.2) is 0 Å². The summed E-state index contributed by atoms with van der Waals surface area (Å²) in [6.45, 7) is 4.16. The van der Waals surface area contributed by atoms with Gasteiger partial charge in [0.2, 0.25) is 5.91 Å². The summed E-state index contributed by atoms with van der Waals surface area (Å²) >= 11 is 6.09. The number of halogens is 1. The Morgan fingerprint density at radius 3 is 2.54 bits per heavy atom. The van der Waals surface area contributed by atoms with E-state index in [0.29, 0.717) is 19.2 Å². The fraction of sp³-hybridized carbons (Fsp3) is 0.682. The number of nitrogens with one attached hydrogen (secondary N) is 1. The molecule has 0 aromatic heterocycles. The number of carbonyl (C=O) groups is 1. The van der Waals surface area contributed by atoms with Crippen molar-refractivity contribution in [3.05, 3.63) is 34.9 Å². The largest absolute Gasteiger partial charge is 0.381 e. The highest BCUT2D eigenvalue weighted by molar-refractivity contribution is 6.30. The van der Waals surface area contributed by atoms with Crippen LogP contribution in [0.4, 0.5) is 0 Å². The molecule has 1 amide bonds. The molecule has 1 aliphatic carbocycles. The number of amides is 1. The smallest absolute Gasteiger partial charge is 0.239 e. The number of rotatable bonds is 5. The lowest BCUT2D eigenvalue weighted by Gasteiger charge is -2.41. The highest BCUT2D eigenvalue weighted by Crippen LogP contribution is 2.35. The Balaban J connectivity index is 1.45. The molecular weight excluding hydrogens is 376 g/mol. The first kappa shape index (κ1) is 20.1. The lowest BCUT2D eigenvalue weighted by molar-refractivity contribution is -0.135. The summed E-state index contributed by atoms with van der Waals surface area (Å²) in [6.07, 6.45) is 6.77. The van der Waals surface area contributed by atoms with Crippen molar-refractivity contribution < 1.29 is 14.3 Å². The van der Waals surface area contributed by atoms with E-state index in [-0.39, 0.29) is 17.4 Å². The number of morpholine rings is 1. The van der Waals surface area contributed by atoms with Gasteiger partial charge >= 0.3 is 0 Å². The second-order valence-electron chi connectivity index (χ2n) is 8.38. The molecule has 28 heavy (non-hydrogen) atoms. The van der Waals surface area contributed by atoms with E-state index in [9.17, 15) is 4.79 Å². The van der Waals surface area contributed by atoms with Crippen molar-refractivity contribution in [2.45, 2.75) is 56.0 Å². The van der Waals surface area contributed by atoms with Crippen LogP contribution in [0.1, 0.15) is 44.1 Å². The van der Waals surface area contributed by atoms with Gasteiger partial charge in [-0.2, -0.15) is 0 Å². The molecule has 1 saturated carbocycles. The van der Waals surface area contributed by atoms with Gasteiger partial charge in [-0.1, -0.05) is 36.6 Å². The van der Waals surface area contributed by atoms with Gasteiger partial charge in [0.1, 0.15) is 6.04 Å². The Labute approximate surface area is 172 Å². The maximum atomic E-state index is 13.2. The first-order valence-corrected chi connectivity index (χ1v) is 11.0. The lowest BCUT2D eigenvalue weighted by atomic mass is 9.74.